The van der Waals surface area contributed by atoms with Gasteiger partial charge in [0, 0.05) is 17.0 Å². The summed E-state index contributed by atoms with van der Waals surface area (Å²) < 4.78 is 11.1. The first-order chi connectivity index (χ1) is 9.70. The number of aryl methyl sites for hydroxylation is 1. The van der Waals surface area contributed by atoms with Crippen molar-refractivity contribution >= 4 is 22.6 Å². The first-order valence-electron chi connectivity index (χ1n) is 7.42. The van der Waals surface area contributed by atoms with Crippen LogP contribution < -0.4 is 4.74 Å². The number of fused-ring (bicyclic) bond motifs is 1. The quantitative estimate of drug-likeness (QED) is 0.686. The highest BCUT2D eigenvalue weighted by Crippen LogP contribution is 2.43. The number of halogens is 1. The molecule has 1 heterocycles. The number of benzene rings is 1. The molecule has 0 N–H and O–H groups in total. The summed E-state index contributed by atoms with van der Waals surface area (Å²) in [6.07, 6.45) is 6.42. The molecule has 0 spiro atoms. The highest BCUT2D eigenvalue weighted by atomic mass is 35.5. The van der Waals surface area contributed by atoms with Gasteiger partial charge in [-0.25, -0.2) is 0 Å². The van der Waals surface area contributed by atoms with E-state index in [0.29, 0.717) is 5.92 Å². The number of ether oxygens (including phenoxy) is 1. The van der Waals surface area contributed by atoms with Crippen molar-refractivity contribution in [2.75, 3.05) is 7.11 Å². The van der Waals surface area contributed by atoms with Gasteiger partial charge >= 0.3 is 0 Å². The molecule has 1 aromatic carbocycles. The van der Waals surface area contributed by atoms with E-state index in [-0.39, 0.29) is 5.38 Å². The number of furan rings is 1. The second-order valence-corrected chi connectivity index (χ2v) is 6.20. The van der Waals surface area contributed by atoms with E-state index in [9.17, 15) is 0 Å². The van der Waals surface area contributed by atoms with Gasteiger partial charge in [-0.05, 0) is 37.8 Å². The van der Waals surface area contributed by atoms with Crippen molar-refractivity contribution in [1.29, 1.82) is 0 Å². The van der Waals surface area contributed by atoms with Crippen molar-refractivity contribution in [3.8, 4) is 5.75 Å². The molecule has 1 fully saturated rings. The molecule has 1 aliphatic carbocycles. The van der Waals surface area contributed by atoms with Crippen LogP contribution in [0.1, 0.15) is 48.8 Å². The van der Waals surface area contributed by atoms with Crippen LogP contribution in [0.25, 0.3) is 11.0 Å². The van der Waals surface area contributed by atoms with Gasteiger partial charge in [0.05, 0.1) is 12.5 Å². The molecule has 1 aromatic heterocycles. The minimum absolute atomic E-state index is 0.0601. The third kappa shape index (κ3) is 2.42. The second kappa shape index (κ2) is 5.69. The molecular weight excluding hydrogens is 272 g/mol. The third-order valence-electron chi connectivity index (χ3n) is 4.46. The molecule has 108 valence electrons. The van der Waals surface area contributed by atoms with E-state index in [1.165, 1.54) is 37.7 Å². The predicted molar refractivity (Wildman–Crippen MR) is 82.7 cm³/mol. The van der Waals surface area contributed by atoms with Gasteiger partial charge in [0.2, 0.25) is 0 Å². The Labute approximate surface area is 125 Å². The molecule has 2 aromatic rings. The maximum absolute atomic E-state index is 6.79. The zero-order valence-electron chi connectivity index (χ0n) is 12.1. The average Bonchev–Trinajstić information content (AvgIpc) is 2.82. The molecule has 3 heteroatoms. The molecule has 1 atom stereocenters. The lowest BCUT2D eigenvalue weighted by atomic mass is 9.84. The lowest BCUT2D eigenvalue weighted by Crippen LogP contribution is -2.12. The molecule has 0 amide bonds. The van der Waals surface area contributed by atoms with Crippen molar-refractivity contribution in [3.63, 3.8) is 0 Å². The third-order valence-corrected chi connectivity index (χ3v) is 5.04. The average molecular weight is 293 g/mol. The Hall–Kier alpha value is -1.15. The fourth-order valence-corrected chi connectivity index (χ4v) is 3.87. The van der Waals surface area contributed by atoms with E-state index in [1.54, 1.807) is 7.11 Å². The van der Waals surface area contributed by atoms with Gasteiger partial charge in [0.1, 0.15) is 17.1 Å². The Kier molecular flexibility index (Phi) is 3.93. The summed E-state index contributed by atoms with van der Waals surface area (Å²) in [4.78, 5) is 0. The Balaban J connectivity index is 1.99. The number of hydrogen-bond acceptors (Lipinski definition) is 2. The molecule has 1 unspecified atom stereocenters. The van der Waals surface area contributed by atoms with Crippen LogP contribution in [0, 0.1) is 12.8 Å². The molecule has 1 aliphatic rings. The molecule has 0 bridgehead atoms. The normalized spacial score (nSPS) is 18.4. The molecule has 20 heavy (non-hydrogen) atoms. The topological polar surface area (TPSA) is 22.4 Å². The predicted octanol–water partition coefficient (Wildman–Crippen LogP) is 5.61. The van der Waals surface area contributed by atoms with Crippen LogP contribution in [0.2, 0.25) is 0 Å². The first-order valence-corrected chi connectivity index (χ1v) is 7.85. The van der Waals surface area contributed by atoms with Crippen LogP contribution in [0.3, 0.4) is 0 Å². The molecule has 2 nitrogen and oxygen atoms in total. The van der Waals surface area contributed by atoms with Gasteiger partial charge in [0.25, 0.3) is 0 Å². The van der Waals surface area contributed by atoms with E-state index < -0.39 is 0 Å². The van der Waals surface area contributed by atoms with E-state index in [2.05, 4.69) is 6.07 Å². The maximum atomic E-state index is 6.79. The lowest BCUT2D eigenvalue weighted by molar-refractivity contribution is 0.347. The van der Waals surface area contributed by atoms with Crippen molar-refractivity contribution < 1.29 is 9.15 Å². The summed E-state index contributed by atoms with van der Waals surface area (Å²) in [5.74, 6) is 2.34. The van der Waals surface area contributed by atoms with Gasteiger partial charge in [-0.3, -0.25) is 0 Å². The summed E-state index contributed by atoms with van der Waals surface area (Å²) in [6.45, 7) is 2.01. The highest BCUT2D eigenvalue weighted by Gasteiger charge is 2.27. The van der Waals surface area contributed by atoms with Crippen molar-refractivity contribution in [1.82, 2.24) is 0 Å². The Morgan fingerprint density at radius 2 is 2.00 bits per heavy atom. The van der Waals surface area contributed by atoms with Gasteiger partial charge < -0.3 is 9.15 Å². The number of hydrogen-bond donors (Lipinski definition) is 0. The Morgan fingerprint density at radius 3 is 2.70 bits per heavy atom. The van der Waals surface area contributed by atoms with E-state index in [4.69, 9.17) is 20.8 Å². The first kappa shape index (κ1) is 13.8. The summed E-state index contributed by atoms with van der Waals surface area (Å²) in [5, 5.41) is 1.19. The number of alkyl halides is 1. The van der Waals surface area contributed by atoms with Crippen LogP contribution in [-0.2, 0) is 0 Å². The fraction of sp³-hybridized carbons (Fsp3) is 0.529. The minimum atomic E-state index is 0.0601. The Bertz CT molecular complexity index is 596. The standard InChI is InChI=1S/C17H21ClO2/c1-11-16(17(18)12-6-4-3-5-7-12)14-9-8-13(19-2)10-15(14)20-11/h8-10,12,17H,3-7H2,1-2H3. The van der Waals surface area contributed by atoms with E-state index >= 15 is 0 Å². The van der Waals surface area contributed by atoms with Crippen LogP contribution in [0.5, 0.6) is 5.75 Å². The Morgan fingerprint density at radius 1 is 1.25 bits per heavy atom. The summed E-state index contributed by atoms with van der Waals surface area (Å²) >= 11 is 6.79. The zero-order chi connectivity index (χ0) is 14.1. The van der Waals surface area contributed by atoms with Gasteiger partial charge in [-0.2, -0.15) is 0 Å². The van der Waals surface area contributed by atoms with E-state index in [1.807, 2.05) is 19.1 Å². The van der Waals surface area contributed by atoms with Crippen LogP contribution >= 0.6 is 11.6 Å². The summed E-state index contributed by atoms with van der Waals surface area (Å²) in [7, 11) is 1.67. The molecule has 3 rings (SSSR count). The SMILES string of the molecule is COc1ccc2c(C(Cl)C3CCCCC3)c(C)oc2c1. The zero-order valence-corrected chi connectivity index (χ0v) is 12.9. The summed E-state index contributed by atoms with van der Waals surface area (Å²) in [5.41, 5.74) is 2.05. The largest absolute Gasteiger partial charge is 0.497 e. The maximum Gasteiger partial charge on any atom is 0.138 e. The molecule has 1 saturated carbocycles. The minimum Gasteiger partial charge on any atom is -0.497 e. The van der Waals surface area contributed by atoms with Gasteiger partial charge in [-0.15, -0.1) is 11.6 Å². The van der Waals surface area contributed by atoms with Gasteiger partial charge in [-0.1, -0.05) is 19.3 Å². The molecule has 0 saturated heterocycles. The molecule has 0 radical (unpaired) electrons. The monoisotopic (exact) mass is 292 g/mol. The summed E-state index contributed by atoms with van der Waals surface area (Å²) in [6, 6.07) is 5.99. The lowest BCUT2D eigenvalue weighted by Gasteiger charge is -2.26. The smallest absolute Gasteiger partial charge is 0.138 e. The van der Waals surface area contributed by atoms with Crippen LogP contribution in [-0.4, -0.2) is 7.11 Å². The fourth-order valence-electron chi connectivity index (χ4n) is 3.35. The number of methoxy groups -OCH3 is 1. The van der Waals surface area contributed by atoms with E-state index in [0.717, 1.165) is 22.5 Å². The van der Waals surface area contributed by atoms with Crippen molar-refractivity contribution in [2.45, 2.75) is 44.4 Å². The van der Waals surface area contributed by atoms with Crippen LogP contribution in [0.4, 0.5) is 0 Å². The highest BCUT2D eigenvalue weighted by molar-refractivity contribution is 6.22. The molecular formula is C17H21ClO2. The second-order valence-electron chi connectivity index (χ2n) is 5.73. The number of rotatable bonds is 3. The van der Waals surface area contributed by atoms with Crippen LogP contribution in [0.15, 0.2) is 22.6 Å². The van der Waals surface area contributed by atoms with Crippen molar-refractivity contribution in [3.05, 3.63) is 29.5 Å². The van der Waals surface area contributed by atoms with Crippen molar-refractivity contribution in [2.24, 2.45) is 5.92 Å². The van der Waals surface area contributed by atoms with Gasteiger partial charge in [0.15, 0.2) is 0 Å². The molecule has 0 aliphatic heterocycles.